The third-order valence-electron chi connectivity index (χ3n) is 3.04. The van der Waals surface area contributed by atoms with E-state index < -0.39 is 11.7 Å². The lowest BCUT2D eigenvalue weighted by Crippen LogP contribution is -2.04. The summed E-state index contributed by atoms with van der Waals surface area (Å²) in [7, 11) is 0. The van der Waals surface area contributed by atoms with Crippen LogP contribution in [0.4, 0.5) is 18.9 Å². The van der Waals surface area contributed by atoms with Crippen LogP contribution in [0, 0.1) is 0 Å². The van der Waals surface area contributed by atoms with E-state index in [1.54, 1.807) is 18.2 Å². The average Bonchev–Trinajstić information content (AvgIpc) is 2.82. The Morgan fingerprint density at radius 1 is 1.14 bits per heavy atom. The second-order valence-electron chi connectivity index (χ2n) is 4.56. The summed E-state index contributed by atoms with van der Waals surface area (Å²) in [5.41, 5.74) is 7.15. The first kappa shape index (κ1) is 13.9. The number of hydrogen-bond donors (Lipinski definition) is 2. The van der Waals surface area contributed by atoms with E-state index in [9.17, 15) is 13.2 Å². The SMILES string of the molecule is Nc1cc(Br)cc2[nH]c(-c3cccc(C(F)(F)F)c3)nc12. The van der Waals surface area contributed by atoms with Crippen molar-refractivity contribution in [1.82, 2.24) is 9.97 Å². The largest absolute Gasteiger partial charge is 0.416 e. The van der Waals surface area contributed by atoms with Crippen LogP contribution in [0.25, 0.3) is 22.4 Å². The average molecular weight is 356 g/mol. The predicted molar refractivity (Wildman–Crippen MR) is 78.6 cm³/mol. The Kier molecular flexibility index (Phi) is 3.16. The fraction of sp³-hybridized carbons (Fsp3) is 0.0714. The van der Waals surface area contributed by atoms with Crippen LogP contribution in [0.1, 0.15) is 5.56 Å². The van der Waals surface area contributed by atoms with Crippen LogP contribution < -0.4 is 5.73 Å². The van der Waals surface area contributed by atoms with E-state index in [-0.39, 0.29) is 0 Å². The molecule has 0 bridgehead atoms. The number of imidazole rings is 1. The first-order valence-electron chi connectivity index (χ1n) is 5.97. The molecule has 21 heavy (non-hydrogen) atoms. The van der Waals surface area contributed by atoms with E-state index in [4.69, 9.17) is 5.73 Å². The molecule has 0 aliphatic carbocycles. The lowest BCUT2D eigenvalue weighted by Gasteiger charge is -2.07. The number of fused-ring (bicyclic) bond motifs is 1. The lowest BCUT2D eigenvalue weighted by molar-refractivity contribution is -0.137. The van der Waals surface area contributed by atoms with Crippen molar-refractivity contribution in [3.63, 3.8) is 0 Å². The molecule has 3 nitrogen and oxygen atoms in total. The van der Waals surface area contributed by atoms with E-state index in [2.05, 4.69) is 25.9 Å². The van der Waals surface area contributed by atoms with Crippen molar-refractivity contribution >= 4 is 32.7 Å². The van der Waals surface area contributed by atoms with Crippen molar-refractivity contribution in [2.24, 2.45) is 0 Å². The minimum absolute atomic E-state index is 0.348. The minimum atomic E-state index is -4.38. The number of nitrogens with one attached hydrogen (secondary N) is 1. The van der Waals surface area contributed by atoms with Crippen LogP contribution in [0.15, 0.2) is 40.9 Å². The molecular formula is C14H9BrF3N3. The molecule has 3 aromatic rings. The summed E-state index contributed by atoms with van der Waals surface area (Å²) >= 11 is 3.31. The number of anilines is 1. The number of aromatic nitrogens is 2. The molecule has 0 spiro atoms. The number of H-pyrrole nitrogens is 1. The van der Waals surface area contributed by atoms with Gasteiger partial charge in [0.05, 0.1) is 16.8 Å². The lowest BCUT2D eigenvalue weighted by atomic mass is 10.1. The summed E-state index contributed by atoms with van der Waals surface area (Å²) < 4.78 is 39.0. The van der Waals surface area contributed by atoms with Crippen molar-refractivity contribution in [3.8, 4) is 11.4 Å². The first-order valence-corrected chi connectivity index (χ1v) is 6.76. The first-order chi connectivity index (χ1) is 9.84. The molecule has 0 saturated heterocycles. The van der Waals surface area contributed by atoms with Crippen molar-refractivity contribution in [3.05, 3.63) is 46.4 Å². The highest BCUT2D eigenvalue weighted by Crippen LogP contribution is 2.33. The Morgan fingerprint density at radius 2 is 1.90 bits per heavy atom. The monoisotopic (exact) mass is 355 g/mol. The number of nitrogens with zero attached hydrogens (tertiary/aromatic N) is 1. The zero-order valence-corrected chi connectivity index (χ0v) is 12.1. The molecule has 1 heterocycles. The second-order valence-corrected chi connectivity index (χ2v) is 5.47. The summed E-state index contributed by atoms with van der Waals surface area (Å²) in [5.74, 6) is 0.348. The molecular weight excluding hydrogens is 347 g/mol. The molecule has 0 amide bonds. The number of hydrogen-bond acceptors (Lipinski definition) is 2. The Morgan fingerprint density at radius 3 is 2.62 bits per heavy atom. The second kappa shape index (κ2) is 4.77. The Bertz CT molecular complexity index is 824. The molecule has 3 rings (SSSR count). The maximum atomic E-state index is 12.7. The molecule has 0 aliphatic rings. The zero-order valence-electron chi connectivity index (χ0n) is 10.5. The maximum Gasteiger partial charge on any atom is 0.416 e. The third kappa shape index (κ3) is 2.61. The van der Waals surface area contributed by atoms with Gasteiger partial charge in [-0.15, -0.1) is 0 Å². The van der Waals surface area contributed by atoms with E-state index in [0.29, 0.717) is 28.1 Å². The van der Waals surface area contributed by atoms with E-state index in [1.807, 2.05) is 0 Å². The summed E-state index contributed by atoms with van der Waals surface area (Å²) in [6, 6.07) is 8.47. The highest BCUT2D eigenvalue weighted by atomic mass is 79.9. The fourth-order valence-electron chi connectivity index (χ4n) is 2.09. The smallest absolute Gasteiger partial charge is 0.397 e. The van der Waals surface area contributed by atoms with Gasteiger partial charge in [0.1, 0.15) is 11.3 Å². The van der Waals surface area contributed by atoms with Gasteiger partial charge in [0.2, 0.25) is 0 Å². The number of halogens is 4. The van der Waals surface area contributed by atoms with Gasteiger partial charge in [-0.2, -0.15) is 13.2 Å². The van der Waals surface area contributed by atoms with Gasteiger partial charge in [-0.25, -0.2) is 4.98 Å². The van der Waals surface area contributed by atoms with Crippen molar-refractivity contribution in [1.29, 1.82) is 0 Å². The highest BCUT2D eigenvalue weighted by Gasteiger charge is 2.30. The molecule has 0 saturated carbocycles. The van der Waals surface area contributed by atoms with Crippen LogP contribution in [-0.2, 0) is 6.18 Å². The topological polar surface area (TPSA) is 54.7 Å². The number of benzene rings is 2. The van der Waals surface area contributed by atoms with Crippen LogP contribution in [0.5, 0.6) is 0 Å². The van der Waals surface area contributed by atoms with E-state index >= 15 is 0 Å². The molecule has 108 valence electrons. The Balaban J connectivity index is 2.15. The molecule has 0 radical (unpaired) electrons. The normalized spacial score (nSPS) is 12.0. The van der Waals surface area contributed by atoms with Crippen LogP contribution in [0.3, 0.4) is 0 Å². The Labute approximate surface area is 126 Å². The van der Waals surface area contributed by atoms with Gasteiger partial charge in [-0.3, -0.25) is 0 Å². The van der Waals surface area contributed by atoms with Gasteiger partial charge >= 0.3 is 6.18 Å². The van der Waals surface area contributed by atoms with E-state index in [1.165, 1.54) is 6.07 Å². The maximum absolute atomic E-state index is 12.7. The zero-order chi connectivity index (χ0) is 15.2. The van der Waals surface area contributed by atoms with Crippen LogP contribution >= 0.6 is 15.9 Å². The molecule has 0 aliphatic heterocycles. The summed E-state index contributed by atoms with van der Waals surface area (Å²) in [4.78, 5) is 7.26. The third-order valence-corrected chi connectivity index (χ3v) is 3.50. The molecule has 0 unspecified atom stereocenters. The summed E-state index contributed by atoms with van der Waals surface area (Å²) in [6.07, 6.45) is -4.38. The summed E-state index contributed by atoms with van der Waals surface area (Å²) in [6.45, 7) is 0. The number of aromatic amines is 1. The molecule has 1 aromatic heterocycles. The quantitative estimate of drug-likeness (QED) is 0.627. The van der Waals surface area contributed by atoms with Crippen molar-refractivity contribution < 1.29 is 13.2 Å². The Hall–Kier alpha value is -2.02. The standard InChI is InChI=1S/C14H9BrF3N3/c15-9-5-10(19)12-11(6-9)20-13(21-12)7-2-1-3-8(4-7)14(16,17)18/h1-6H,19H2,(H,20,21). The molecule has 3 N–H and O–H groups in total. The molecule has 7 heteroatoms. The predicted octanol–water partition coefficient (Wildman–Crippen LogP) is 4.59. The van der Waals surface area contributed by atoms with Gasteiger partial charge in [0.25, 0.3) is 0 Å². The van der Waals surface area contributed by atoms with Crippen molar-refractivity contribution in [2.45, 2.75) is 6.18 Å². The number of nitrogens with two attached hydrogens (primary N) is 1. The summed E-state index contributed by atoms with van der Waals surface area (Å²) in [5, 5.41) is 0. The van der Waals surface area contributed by atoms with Crippen LogP contribution in [-0.4, -0.2) is 9.97 Å². The van der Waals surface area contributed by atoms with Gasteiger partial charge < -0.3 is 10.7 Å². The molecule has 0 fully saturated rings. The van der Waals surface area contributed by atoms with Gasteiger partial charge in [0, 0.05) is 10.0 Å². The highest BCUT2D eigenvalue weighted by molar-refractivity contribution is 9.10. The van der Waals surface area contributed by atoms with E-state index in [0.717, 1.165) is 16.6 Å². The van der Waals surface area contributed by atoms with Gasteiger partial charge in [-0.05, 0) is 24.3 Å². The van der Waals surface area contributed by atoms with Crippen molar-refractivity contribution in [2.75, 3.05) is 5.73 Å². The number of rotatable bonds is 1. The minimum Gasteiger partial charge on any atom is -0.397 e. The fourth-order valence-corrected chi connectivity index (χ4v) is 2.56. The van der Waals surface area contributed by atoms with Gasteiger partial charge in [0.15, 0.2) is 0 Å². The van der Waals surface area contributed by atoms with Gasteiger partial charge in [-0.1, -0.05) is 28.1 Å². The molecule has 2 aromatic carbocycles. The number of alkyl halides is 3. The molecule has 0 atom stereocenters. The van der Waals surface area contributed by atoms with Crippen LogP contribution in [0.2, 0.25) is 0 Å². The number of nitrogen functional groups attached to an aromatic ring is 1.